The number of hydrogen-bond acceptors (Lipinski definition) is 2. The van der Waals surface area contributed by atoms with Gasteiger partial charge in [-0.15, -0.1) is 0 Å². The Morgan fingerprint density at radius 3 is 2.11 bits per heavy atom. The largest absolute Gasteiger partial charge is 1.00 e. The molecule has 1 rings (SSSR count). The van der Waals surface area contributed by atoms with Crippen molar-refractivity contribution in [2.45, 2.75) is 11.8 Å². The van der Waals surface area contributed by atoms with Gasteiger partial charge in [-0.05, 0) is 36.0 Å². The van der Waals surface area contributed by atoms with Gasteiger partial charge in [0.2, 0.25) is 5.91 Å². The van der Waals surface area contributed by atoms with E-state index in [-0.39, 0.29) is 29.9 Å². The molecule has 0 saturated heterocycles. The van der Waals surface area contributed by atoms with Crippen LogP contribution in [0.3, 0.4) is 0 Å². The number of hydrogen-bond donors (Lipinski definition) is 1. The Bertz CT molecular complexity index is 453. The number of amidine groups is 1. The van der Waals surface area contributed by atoms with Gasteiger partial charge < -0.3 is 29.3 Å². The zero-order valence-corrected chi connectivity index (χ0v) is 14.9. The summed E-state index contributed by atoms with van der Waals surface area (Å²) in [5, 5.41) is 3.91. The smallest absolute Gasteiger partial charge is 0.312 e. The lowest BCUT2D eigenvalue weighted by Crippen LogP contribution is -3.00. The van der Waals surface area contributed by atoms with Gasteiger partial charge in [0.1, 0.15) is 0 Å². The topological polar surface area (TPSA) is 35.4 Å². The first-order valence-corrected chi connectivity index (χ1v) is 6.49. The van der Waals surface area contributed by atoms with Gasteiger partial charge in [0.25, 0.3) is 0 Å². The van der Waals surface area contributed by atoms with E-state index >= 15 is 0 Å². The molecule has 1 amide bonds. The van der Waals surface area contributed by atoms with E-state index in [1.54, 1.807) is 11.8 Å². The Labute approximate surface area is 136 Å². The molecule has 0 aliphatic heterocycles. The molecule has 4 nitrogen and oxygen atoms in total. The Morgan fingerprint density at radius 2 is 1.74 bits per heavy atom. The number of nitrogens with zero attached hydrogens (tertiary/aromatic N) is 2. The van der Waals surface area contributed by atoms with Gasteiger partial charge in [0, 0.05) is 17.5 Å². The molecular weight excluding hydrogens is 373 g/mol. The van der Waals surface area contributed by atoms with Crippen LogP contribution in [0, 0.1) is 0 Å². The maximum Gasteiger partial charge on any atom is 0.312 e. The van der Waals surface area contributed by atoms with Crippen LogP contribution >= 0.6 is 11.8 Å². The highest BCUT2D eigenvalue weighted by Gasteiger charge is 2.13. The fourth-order valence-corrected chi connectivity index (χ4v) is 2.35. The summed E-state index contributed by atoms with van der Waals surface area (Å²) in [4.78, 5) is 14.1. The fraction of sp³-hybridized carbons (Fsp3) is 0.385. The van der Waals surface area contributed by atoms with Crippen LogP contribution in [0.1, 0.15) is 6.92 Å². The third kappa shape index (κ3) is 6.29. The van der Waals surface area contributed by atoms with Crippen LogP contribution in [-0.2, 0) is 4.79 Å². The monoisotopic (exact) mass is 393 g/mol. The molecule has 0 unspecified atom stereocenters. The van der Waals surface area contributed by atoms with Gasteiger partial charge in [-0.25, -0.2) is 0 Å². The third-order valence-corrected chi connectivity index (χ3v) is 3.57. The molecule has 6 heteroatoms. The molecule has 19 heavy (non-hydrogen) atoms. The quantitative estimate of drug-likeness (QED) is 0.229. The van der Waals surface area contributed by atoms with E-state index in [9.17, 15) is 4.79 Å². The summed E-state index contributed by atoms with van der Waals surface area (Å²) in [5.74, 6) is -0.0516. The average Bonchev–Trinajstić information content (AvgIpc) is 2.26. The molecule has 0 spiro atoms. The van der Waals surface area contributed by atoms with Crippen molar-refractivity contribution < 1.29 is 33.3 Å². The average molecular weight is 393 g/mol. The first-order chi connectivity index (χ1) is 8.40. The molecule has 0 bridgehead atoms. The molecule has 0 radical (unpaired) electrons. The van der Waals surface area contributed by atoms with E-state index in [0.717, 1.165) is 15.8 Å². The molecule has 1 N–H and O–H groups in total. The summed E-state index contributed by atoms with van der Waals surface area (Å²) >= 11 is 1.69. The molecule has 0 aromatic heterocycles. The van der Waals surface area contributed by atoms with Crippen LogP contribution in [0.5, 0.6) is 0 Å². The van der Waals surface area contributed by atoms with Crippen molar-refractivity contribution in [1.82, 2.24) is 4.90 Å². The number of anilines is 1. The number of carbonyl (C=O) groups excluding carboxylic acids is 1. The standard InChI is InChI=1S/C13H19N3OS.HI/c1-10(17)14-11-6-8-12(9-7-11)18-13(15(2)3)16(4)5;/h6-9H,1-5H3;1H. The van der Waals surface area contributed by atoms with Crippen LogP contribution in [0.25, 0.3) is 0 Å². The maximum absolute atomic E-state index is 10.9. The van der Waals surface area contributed by atoms with E-state index in [0.29, 0.717) is 0 Å². The lowest BCUT2D eigenvalue weighted by Gasteiger charge is -2.10. The van der Waals surface area contributed by atoms with Crippen LogP contribution in [-0.4, -0.2) is 48.7 Å². The zero-order valence-electron chi connectivity index (χ0n) is 11.9. The van der Waals surface area contributed by atoms with Gasteiger partial charge in [-0.3, -0.25) is 14.3 Å². The van der Waals surface area contributed by atoms with Crippen LogP contribution in [0.15, 0.2) is 29.2 Å². The maximum atomic E-state index is 10.9. The summed E-state index contributed by atoms with van der Waals surface area (Å²) in [7, 11) is 8.09. The van der Waals surface area contributed by atoms with Crippen molar-refractivity contribution >= 4 is 28.5 Å². The first-order valence-electron chi connectivity index (χ1n) is 5.67. The molecule has 0 atom stereocenters. The Balaban J connectivity index is 0.00000324. The van der Waals surface area contributed by atoms with Gasteiger partial charge in [0.05, 0.1) is 28.2 Å². The normalized spacial score (nSPS) is 9.32. The molecule has 0 heterocycles. The number of rotatable bonds is 2. The summed E-state index contributed by atoms with van der Waals surface area (Å²) in [6.45, 7) is 1.51. The third-order valence-electron chi connectivity index (χ3n) is 2.15. The molecule has 1 aromatic carbocycles. The summed E-state index contributed by atoms with van der Waals surface area (Å²) in [5.41, 5.74) is 0.822. The highest BCUT2D eigenvalue weighted by Crippen LogP contribution is 2.22. The second-order valence-corrected chi connectivity index (χ2v) is 5.42. The Kier molecular flexibility index (Phi) is 8.08. The molecule has 1 aromatic rings. The number of benzene rings is 1. The number of thioether (sulfide) groups is 1. The number of amides is 1. The Hall–Kier alpha value is -0.760. The Morgan fingerprint density at radius 1 is 1.21 bits per heavy atom. The summed E-state index contributed by atoms with van der Waals surface area (Å²) < 4.78 is 2.08. The van der Waals surface area contributed by atoms with E-state index in [2.05, 4.69) is 14.8 Å². The van der Waals surface area contributed by atoms with Gasteiger partial charge in [-0.1, -0.05) is 0 Å². The van der Waals surface area contributed by atoms with Crippen LogP contribution in [0.4, 0.5) is 5.69 Å². The lowest BCUT2D eigenvalue weighted by molar-refractivity contribution is -0.466. The minimum Gasteiger partial charge on any atom is -1.00 e. The van der Waals surface area contributed by atoms with Gasteiger partial charge in [0.15, 0.2) is 0 Å². The van der Waals surface area contributed by atoms with Gasteiger partial charge in [-0.2, -0.15) is 0 Å². The first kappa shape index (κ1) is 18.2. The van der Waals surface area contributed by atoms with E-state index in [1.165, 1.54) is 6.92 Å². The second kappa shape index (κ2) is 8.42. The number of halogens is 1. The predicted octanol–water partition coefficient (Wildman–Crippen LogP) is -1.07. The summed E-state index contributed by atoms with van der Waals surface area (Å²) in [6.07, 6.45) is 0. The molecule has 0 aliphatic rings. The number of carbonyl (C=O) groups is 1. The SMILES string of the molecule is CC(=O)Nc1ccc(SC(N(C)C)=[N+](C)C)cc1.[I-]. The molecule has 106 valence electrons. The lowest BCUT2D eigenvalue weighted by atomic mass is 10.3. The number of nitrogens with one attached hydrogen (secondary N) is 1. The van der Waals surface area contributed by atoms with E-state index in [4.69, 9.17) is 0 Å². The highest BCUT2D eigenvalue weighted by molar-refractivity contribution is 8.13. The van der Waals surface area contributed by atoms with Crippen molar-refractivity contribution in [2.24, 2.45) is 0 Å². The van der Waals surface area contributed by atoms with Crippen LogP contribution in [0.2, 0.25) is 0 Å². The fourth-order valence-electron chi connectivity index (χ4n) is 1.50. The highest BCUT2D eigenvalue weighted by atomic mass is 127. The zero-order chi connectivity index (χ0) is 13.7. The van der Waals surface area contributed by atoms with Crippen molar-refractivity contribution in [3.05, 3.63) is 24.3 Å². The van der Waals surface area contributed by atoms with E-state index < -0.39 is 0 Å². The minimum atomic E-state index is -0.0516. The van der Waals surface area contributed by atoms with Crippen molar-refractivity contribution in [2.75, 3.05) is 33.5 Å². The molecule has 0 fully saturated rings. The minimum absolute atomic E-state index is 0. The van der Waals surface area contributed by atoms with E-state index in [1.807, 2.05) is 52.5 Å². The van der Waals surface area contributed by atoms with Gasteiger partial charge >= 0.3 is 5.17 Å². The van der Waals surface area contributed by atoms with Crippen molar-refractivity contribution in [1.29, 1.82) is 0 Å². The van der Waals surface area contributed by atoms with Crippen LogP contribution < -0.4 is 29.3 Å². The summed E-state index contributed by atoms with van der Waals surface area (Å²) in [6, 6.07) is 7.82. The molecule has 0 saturated carbocycles. The molecular formula is C13H20IN3OS. The van der Waals surface area contributed by atoms with Crippen molar-refractivity contribution in [3.63, 3.8) is 0 Å². The predicted molar refractivity (Wildman–Crippen MR) is 77.4 cm³/mol. The second-order valence-electron chi connectivity index (χ2n) is 4.38. The van der Waals surface area contributed by atoms with Crippen molar-refractivity contribution in [3.8, 4) is 0 Å². The molecule has 0 aliphatic carbocycles.